The van der Waals surface area contributed by atoms with Crippen molar-refractivity contribution in [3.05, 3.63) is 69.2 Å². The monoisotopic (exact) mass is 621 g/mol. The molecule has 2 aromatic rings. The Morgan fingerprint density at radius 3 is 2.52 bits per heavy atom. The van der Waals surface area contributed by atoms with Gasteiger partial charge in [0.05, 0.1) is 28.8 Å². The summed E-state index contributed by atoms with van der Waals surface area (Å²) in [5, 5.41) is 37.5. The van der Waals surface area contributed by atoms with E-state index in [9.17, 15) is 20.3 Å². The first-order valence-electron chi connectivity index (χ1n) is 14.5. The number of amides is 1. The summed E-state index contributed by atoms with van der Waals surface area (Å²) >= 11 is 12.3. The lowest BCUT2D eigenvalue weighted by Crippen LogP contribution is -2.47. The van der Waals surface area contributed by atoms with E-state index < -0.39 is 52.7 Å². The molecular formula is C32H39Cl2F2N3O3. The maximum Gasteiger partial charge on any atom is 0.237 e. The van der Waals surface area contributed by atoms with E-state index in [1.807, 2.05) is 0 Å². The SMILES string of the molecule is CC1(CC2NC(C(=O)NCC[C@H](O)C(C)(C)O)C(c3cccc(Cl)c3F)C2(C#N)c2ccc(Cl)cc2F)CCCCC1. The third-order valence-electron chi connectivity index (χ3n) is 9.21. The lowest BCUT2D eigenvalue weighted by Gasteiger charge is -2.41. The van der Waals surface area contributed by atoms with Crippen molar-refractivity contribution in [2.75, 3.05) is 6.54 Å². The molecule has 4 N–H and O–H groups in total. The van der Waals surface area contributed by atoms with Crippen LogP contribution in [0.2, 0.25) is 10.0 Å². The Hall–Kier alpha value is -2.28. The number of nitriles is 1. The molecule has 4 rings (SSSR count). The summed E-state index contributed by atoms with van der Waals surface area (Å²) in [7, 11) is 0. The summed E-state index contributed by atoms with van der Waals surface area (Å²) in [6, 6.07) is 9.01. The first kappa shape index (κ1) is 32.6. The molecule has 228 valence electrons. The first-order chi connectivity index (χ1) is 19.7. The molecule has 1 saturated heterocycles. The Morgan fingerprint density at radius 2 is 1.90 bits per heavy atom. The van der Waals surface area contributed by atoms with E-state index in [2.05, 4.69) is 23.6 Å². The van der Waals surface area contributed by atoms with Crippen molar-refractivity contribution >= 4 is 29.1 Å². The minimum atomic E-state index is -1.70. The highest BCUT2D eigenvalue weighted by molar-refractivity contribution is 6.31. The van der Waals surface area contributed by atoms with Crippen molar-refractivity contribution in [3.63, 3.8) is 0 Å². The molecule has 5 atom stereocenters. The Balaban J connectivity index is 1.85. The number of nitrogens with zero attached hydrogens (tertiary/aromatic N) is 1. The van der Waals surface area contributed by atoms with E-state index in [0.717, 1.165) is 38.2 Å². The highest BCUT2D eigenvalue weighted by Crippen LogP contribution is 2.54. The summed E-state index contributed by atoms with van der Waals surface area (Å²) in [4.78, 5) is 13.9. The molecule has 10 heteroatoms. The predicted molar refractivity (Wildman–Crippen MR) is 159 cm³/mol. The van der Waals surface area contributed by atoms with Crippen molar-refractivity contribution in [1.29, 1.82) is 5.26 Å². The number of halogens is 4. The average molecular weight is 623 g/mol. The third-order valence-corrected chi connectivity index (χ3v) is 9.73. The fourth-order valence-electron chi connectivity index (χ4n) is 6.84. The van der Waals surface area contributed by atoms with Crippen LogP contribution in [0.5, 0.6) is 0 Å². The normalized spacial score (nSPS) is 26.4. The van der Waals surface area contributed by atoms with Crippen molar-refractivity contribution < 1.29 is 23.8 Å². The van der Waals surface area contributed by atoms with E-state index in [-0.39, 0.29) is 39.6 Å². The van der Waals surface area contributed by atoms with Gasteiger partial charge in [-0.2, -0.15) is 5.26 Å². The summed E-state index contributed by atoms with van der Waals surface area (Å²) in [5.74, 6) is -3.19. The van der Waals surface area contributed by atoms with E-state index >= 15 is 8.78 Å². The van der Waals surface area contributed by atoms with Gasteiger partial charge in [0.1, 0.15) is 17.0 Å². The Morgan fingerprint density at radius 1 is 1.21 bits per heavy atom. The lowest BCUT2D eigenvalue weighted by atomic mass is 9.61. The van der Waals surface area contributed by atoms with Crippen LogP contribution < -0.4 is 10.6 Å². The van der Waals surface area contributed by atoms with Crippen LogP contribution in [0, 0.1) is 28.4 Å². The van der Waals surface area contributed by atoms with Gasteiger partial charge in [-0.05, 0) is 68.7 Å². The van der Waals surface area contributed by atoms with E-state index in [0.29, 0.717) is 6.42 Å². The number of aliphatic hydroxyl groups excluding tert-OH is 1. The second kappa shape index (κ2) is 12.8. The zero-order valence-electron chi connectivity index (χ0n) is 24.2. The Kier molecular flexibility index (Phi) is 9.91. The molecule has 0 aromatic heterocycles. The predicted octanol–water partition coefficient (Wildman–Crippen LogP) is 6.16. The number of hydrogen-bond donors (Lipinski definition) is 4. The minimum Gasteiger partial charge on any atom is -0.390 e. The molecule has 4 unspecified atom stereocenters. The number of aliphatic hydroxyl groups is 2. The van der Waals surface area contributed by atoms with Crippen LogP contribution in [0.3, 0.4) is 0 Å². The van der Waals surface area contributed by atoms with Gasteiger partial charge >= 0.3 is 0 Å². The van der Waals surface area contributed by atoms with Crippen molar-refractivity contribution in [2.24, 2.45) is 5.41 Å². The Labute approximate surface area is 256 Å². The Bertz CT molecular complexity index is 1340. The largest absolute Gasteiger partial charge is 0.390 e. The highest BCUT2D eigenvalue weighted by atomic mass is 35.5. The summed E-state index contributed by atoms with van der Waals surface area (Å²) < 4.78 is 31.7. The van der Waals surface area contributed by atoms with Gasteiger partial charge in [-0.15, -0.1) is 0 Å². The molecule has 0 spiro atoms. The molecule has 1 heterocycles. The topological polar surface area (TPSA) is 105 Å². The summed E-state index contributed by atoms with van der Waals surface area (Å²) in [6.45, 7) is 5.10. The van der Waals surface area contributed by atoms with Crippen LogP contribution in [0.15, 0.2) is 36.4 Å². The fraction of sp³-hybridized carbons (Fsp3) is 0.562. The number of benzene rings is 2. The third kappa shape index (κ3) is 6.46. The molecule has 2 aromatic carbocycles. The van der Waals surface area contributed by atoms with Crippen molar-refractivity contribution in [2.45, 2.75) is 101 Å². The molecule has 1 aliphatic carbocycles. The molecule has 0 radical (unpaired) electrons. The molecule has 2 fully saturated rings. The van der Waals surface area contributed by atoms with E-state index in [4.69, 9.17) is 23.2 Å². The lowest BCUT2D eigenvalue weighted by molar-refractivity contribution is -0.123. The van der Waals surface area contributed by atoms with Gasteiger partial charge in [0, 0.05) is 29.1 Å². The quantitative estimate of drug-likeness (QED) is 0.268. The van der Waals surface area contributed by atoms with Gasteiger partial charge in [0.15, 0.2) is 0 Å². The second-order valence-corrected chi connectivity index (χ2v) is 13.6. The number of hydrogen-bond acceptors (Lipinski definition) is 5. The van der Waals surface area contributed by atoms with Gasteiger partial charge in [-0.1, -0.05) is 67.6 Å². The smallest absolute Gasteiger partial charge is 0.237 e. The minimum absolute atomic E-state index is 0.0180. The molecule has 2 aliphatic rings. The van der Waals surface area contributed by atoms with Gasteiger partial charge in [0.2, 0.25) is 5.91 Å². The molecule has 42 heavy (non-hydrogen) atoms. The van der Waals surface area contributed by atoms with Crippen LogP contribution in [0.4, 0.5) is 8.78 Å². The molecular weight excluding hydrogens is 583 g/mol. The van der Waals surface area contributed by atoms with Crippen LogP contribution in [0.25, 0.3) is 0 Å². The summed E-state index contributed by atoms with van der Waals surface area (Å²) in [5.41, 5.74) is -3.19. The summed E-state index contributed by atoms with van der Waals surface area (Å²) in [6.07, 6.45) is 4.42. The van der Waals surface area contributed by atoms with Crippen LogP contribution in [-0.4, -0.2) is 46.5 Å². The zero-order chi connectivity index (χ0) is 30.9. The molecule has 0 bridgehead atoms. The number of rotatable bonds is 9. The van der Waals surface area contributed by atoms with E-state index in [1.54, 1.807) is 6.07 Å². The van der Waals surface area contributed by atoms with Gasteiger partial charge < -0.3 is 20.8 Å². The average Bonchev–Trinajstić information content (AvgIpc) is 3.23. The standard InChI is InChI=1S/C32H39Cl2F2N3O3/c1-30(2,42)25(40)12-15-38-29(41)28-26(20-8-7-9-22(34)27(20)36)32(18-37,21-11-10-19(33)16-23(21)35)24(39-28)17-31(3)13-5-4-6-14-31/h7-11,16,24-26,28,39-40,42H,4-6,12-15,17H2,1-3H3,(H,38,41)/t24?,25-,26?,28?,32?/m0/s1. The maximum atomic E-state index is 15.8. The zero-order valence-corrected chi connectivity index (χ0v) is 25.7. The molecule has 1 aliphatic heterocycles. The molecule has 6 nitrogen and oxygen atoms in total. The number of nitrogens with one attached hydrogen (secondary N) is 2. The van der Waals surface area contributed by atoms with Gasteiger partial charge in [-0.25, -0.2) is 8.78 Å². The van der Waals surface area contributed by atoms with Crippen LogP contribution in [-0.2, 0) is 10.2 Å². The number of carbonyl (C=O) groups excluding carboxylic acids is 1. The fourth-order valence-corrected chi connectivity index (χ4v) is 7.18. The molecule has 1 saturated carbocycles. The van der Waals surface area contributed by atoms with Gasteiger partial charge in [0.25, 0.3) is 0 Å². The highest BCUT2D eigenvalue weighted by Gasteiger charge is 2.61. The maximum absolute atomic E-state index is 15.8. The first-order valence-corrected chi connectivity index (χ1v) is 15.2. The number of carbonyl (C=O) groups is 1. The van der Waals surface area contributed by atoms with Crippen molar-refractivity contribution in [1.82, 2.24) is 10.6 Å². The van der Waals surface area contributed by atoms with Crippen LogP contribution >= 0.6 is 23.2 Å². The van der Waals surface area contributed by atoms with Crippen LogP contribution in [0.1, 0.15) is 82.8 Å². The molecule has 1 amide bonds. The second-order valence-electron chi connectivity index (χ2n) is 12.7. The van der Waals surface area contributed by atoms with E-state index in [1.165, 1.54) is 38.1 Å². The van der Waals surface area contributed by atoms with Gasteiger partial charge in [-0.3, -0.25) is 4.79 Å². The van der Waals surface area contributed by atoms with Crippen molar-refractivity contribution in [3.8, 4) is 6.07 Å².